The maximum atomic E-state index is 14.9. The van der Waals surface area contributed by atoms with E-state index >= 15 is 0 Å². The molecule has 160 valence electrons. The first kappa shape index (κ1) is 22.2. The molecule has 0 fully saturated rings. The number of carbonyl (C=O) groups excluding carboxylic acids is 1. The fourth-order valence-corrected chi connectivity index (χ4v) is 3.46. The minimum Gasteiger partial charge on any atom is -0.486 e. The van der Waals surface area contributed by atoms with Gasteiger partial charge in [-0.2, -0.15) is 5.26 Å². The Balaban J connectivity index is 1.94. The summed E-state index contributed by atoms with van der Waals surface area (Å²) in [4.78, 5) is 12.5. The van der Waals surface area contributed by atoms with Gasteiger partial charge in [0.05, 0.1) is 18.1 Å². The first-order valence-corrected chi connectivity index (χ1v) is 9.86. The van der Waals surface area contributed by atoms with Gasteiger partial charge in [-0.05, 0) is 37.6 Å². The molecule has 1 aliphatic rings. The average molecular weight is 443 g/mol. The lowest BCUT2D eigenvalue weighted by Crippen LogP contribution is -2.25. The molecule has 0 aromatic heterocycles. The van der Waals surface area contributed by atoms with Gasteiger partial charge >= 0.3 is 5.97 Å². The van der Waals surface area contributed by atoms with E-state index in [1.807, 2.05) is 6.07 Å². The number of esters is 1. The second-order valence-electron chi connectivity index (χ2n) is 6.69. The zero-order chi connectivity index (χ0) is 22.5. The van der Waals surface area contributed by atoms with E-state index in [2.05, 4.69) is 0 Å². The molecule has 0 spiro atoms. The van der Waals surface area contributed by atoms with Crippen LogP contribution in [0.1, 0.15) is 30.9 Å². The third kappa shape index (κ3) is 4.65. The monoisotopic (exact) mass is 442 g/mol. The molecular formula is C23H20ClFN2O4. The van der Waals surface area contributed by atoms with Crippen molar-refractivity contribution in [1.82, 2.24) is 0 Å². The molecule has 1 atom stereocenters. The van der Waals surface area contributed by atoms with Crippen molar-refractivity contribution >= 4 is 17.6 Å². The molecule has 6 nitrogen and oxygen atoms in total. The number of nitrogens with two attached hydrogens (primary N) is 1. The Morgan fingerprint density at radius 3 is 2.71 bits per heavy atom. The van der Waals surface area contributed by atoms with Crippen LogP contribution in [0.3, 0.4) is 0 Å². The Morgan fingerprint density at radius 1 is 1.32 bits per heavy atom. The van der Waals surface area contributed by atoms with E-state index in [1.54, 1.807) is 37.3 Å². The first-order chi connectivity index (χ1) is 14.9. The third-order valence-electron chi connectivity index (χ3n) is 4.73. The zero-order valence-electron chi connectivity index (χ0n) is 16.9. The number of hydrogen-bond acceptors (Lipinski definition) is 6. The van der Waals surface area contributed by atoms with Crippen LogP contribution in [0.4, 0.5) is 4.39 Å². The summed E-state index contributed by atoms with van der Waals surface area (Å²) in [5, 5.41) is 10.1. The molecule has 3 rings (SSSR count). The Morgan fingerprint density at radius 2 is 2.06 bits per heavy atom. The highest BCUT2D eigenvalue weighted by Gasteiger charge is 2.36. The number of ether oxygens (including phenoxy) is 3. The quantitative estimate of drug-likeness (QED) is 0.651. The van der Waals surface area contributed by atoms with Gasteiger partial charge in [0.2, 0.25) is 5.88 Å². The van der Waals surface area contributed by atoms with Gasteiger partial charge in [-0.25, -0.2) is 9.18 Å². The van der Waals surface area contributed by atoms with Gasteiger partial charge < -0.3 is 19.9 Å². The van der Waals surface area contributed by atoms with E-state index in [9.17, 15) is 14.4 Å². The number of carbonyl (C=O) groups is 1. The number of allylic oxidation sites excluding steroid dienone is 2. The highest BCUT2D eigenvalue weighted by molar-refractivity contribution is 6.31. The van der Waals surface area contributed by atoms with Crippen molar-refractivity contribution < 1.29 is 23.4 Å². The minimum absolute atomic E-state index is 0.00205. The molecule has 0 saturated heterocycles. The maximum absolute atomic E-state index is 14.9. The van der Waals surface area contributed by atoms with Crippen LogP contribution in [0.15, 0.2) is 65.3 Å². The molecule has 0 bridgehead atoms. The molecule has 2 aromatic rings. The molecule has 2 N–H and O–H groups in total. The van der Waals surface area contributed by atoms with Crippen molar-refractivity contribution in [3.8, 4) is 11.8 Å². The van der Waals surface area contributed by atoms with Gasteiger partial charge in [0.25, 0.3) is 0 Å². The Kier molecular flexibility index (Phi) is 6.83. The fraction of sp³-hybridized carbons (Fsp3) is 0.217. The molecule has 2 aromatic carbocycles. The topological polar surface area (TPSA) is 94.6 Å². The van der Waals surface area contributed by atoms with E-state index in [4.69, 9.17) is 31.5 Å². The summed E-state index contributed by atoms with van der Waals surface area (Å²) < 4.78 is 30.9. The lowest BCUT2D eigenvalue weighted by molar-refractivity contribution is -0.139. The second-order valence-corrected chi connectivity index (χ2v) is 7.09. The maximum Gasteiger partial charge on any atom is 0.338 e. The number of rotatable bonds is 6. The molecule has 1 unspecified atom stereocenters. The van der Waals surface area contributed by atoms with Crippen LogP contribution in [0, 0.1) is 17.1 Å². The average Bonchev–Trinajstić information content (AvgIpc) is 2.73. The van der Waals surface area contributed by atoms with E-state index in [0.717, 1.165) is 0 Å². The fourth-order valence-electron chi connectivity index (χ4n) is 3.27. The Bertz CT molecular complexity index is 1120. The predicted molar refractivity (Wildman–Crippen MR) is 112 cm³/mol. The molecule has 8 heteroatoms. The molecule has 1 aliphatic heterocycles. The van der Waals surface area contributed by atoms with Gasteiger partial charge in [-0.1, -0.05) is 35.9 Å². The van der Waals surface area contributed by atoms with Crippen molar-refractivity contribution in [2.45, 2.75) is 26.4 Å². The summed E-state index contributed by atoms with van der Waals surface area (Å²) in [6.45, 7) is 3.41. The van der Waals surface area contributed by atoms with Crippen molar-refractivity contribution in [1.29, 1.82) is 5.26 Å². The number of nitrogens with zero attached hydrogens (tertiary/aromatic N) is 1. The van der Waals surface area contributed by atoms with Crippen molar-refractivity contribution in [2.24, 2.45) is 5.73 Å². The smallest absolute Gasteiger partial charge is 0.338 e. The van der Waals surface area contributed by atoms with Crippen LogP contribution < -0.4 is 10.5 Å². The van der Waals surface area contributed by atoms with Crippen molar-refractivity contribution in [3.63, 3.8) is 0 Å². The third-order valence-corrected chi connectivity index (χ3v) is 5.10. The van der Waals surface area contributed by atoms with Gasteiger partial charge in [0.15, 0.2) is 11.6 Å². The molecule has 1 heterocycles. The van der Waals surface area contributed by atoms with E-state index in [0.29, 0.717) is 16.1 Å². The van der Waals surface area contributed by atoms with Crippen LogP contribution in [-0.4, -0.2) is 12.6 Å². The van der Waals surface area contributed by atoms with E-state index in [1.165, 1.54) is 19.1 Å². The van der Waals surface area contributed by atoms with Crippen molar-refractivity contribution in [2.75, 3.05) is 6.61 Å². The van der Waals surface area contributed by atoms with Gasteiger partial charge in [0.1, 0.15) is 24.0 Å². The highest BCUT2D eigenvalue weighted by Crippen LogP contribution is 2.40. The normalized spacial score (nSPS) is 15.9. The van der Waals surface area contributed by atoms with Crippen LogP contribution >= 0.6 is 11.6 Å². The minimum atomic E-state index is -0.926. The van der Waals surface area contributed by atoms with Gasteiger partial charge in [-0.15, -0.1) is 0 Å². The highest BCUT2D eigenvalue weighted by atomic mass is 35.5. The number of nitriles is 1. The lowest BCUT2D eigenvalue weighted by atomic mass is 9.83. The molecule has 0 amide bonds. The number of hydrogen-bond donors (Lipinski definition) is 1. The summed E-state index contributed by atoms with van der Waals surface area (Å²) in [6.07, 6.45) is 0. The molecule has 0 aliphatic carbocycles. The Labute approximate surface area is 184 Å². The summed E-state index contributed by atoms with van der Waals surface area (Å²) in [5.41, 5.74) is 7.00. The summed E-state index contributed by atoms with van der Waals surface area (Å²) >= 11 is 6.11. The van der Waals surface area contributed by atoms with Crippen molar-refractivity contribution in [3.05, 3.63) is 87.2 Å². The van der Waals surface area contributed by atoms with Crippen LogP contribution in [0.5, 0.6) is 5.75 Å². The predicted octanol–water partition coefficient (Wildman–Crippen LogP) is 4.70. The molecule has 0 saturated carbocycles. The summed E-state index contributed by atoms with van der Waals surface area (Å²) in [6, 6.07) is 13.3. The van der Waals surface area contributed by atoms with E-state index < -0.39 is 17.7 Å². The first-order valence-electron chi connectivity index (χ1n) is 9.48. The van der Waals surface area contributed by atoms with Gasteiger partial charge in [-0.3, -0.25) is 0 Å². The Hall–Kier alpha value is -3.50. The number of benzene rings is 2. The standard InChI is InChI=1S/C23H20ClFN2O4/c1-3-29-23(28)20-13(2)31-22(27)16(11-26)21(20)14-8-9-19(18(25)10-14)30-12-15-6-4-5-7-17(15)24/h4-10,21H,3,12,27H2,1-2H3. The van der Waals surface area contributed by atoms with Crippen LogP contribution in [0.2, 0.25) is 5.02 Å². The molecule has 31 heavy (non-hydrogen) atoms. The summed E-state index contributed by atoms with van der Waals surface area (Å²) in [5.74, 6) is -2.19. The lowest BCUT2D eigenvalue weighted by Gasteiger charge is -2.27. The van der Waals surface area contributed by atoms with Crippen LogP contribution in [0.25, 0.3) is 0 Å². The molecular weight excluding hydrogens is 423 g/mol. The molecule has 0 radical (unpaired) electrons. The van der Waals surface area contributed by atoms with E-state index in [-0.39, 0.29) is 41.8 Å². The SMILES string of the molecule is CCOC(=O)C1=C(C)OC(N)=C(C#N)C1c1ccc(OCc2ccccc2Cl)c(F)c1. The number of halogens is 2. The largest absolute Gasteiger partial charge is 0.486 e. The summed E-state index contributed by atoms with van der Waals surface area (Å²) in [7, 11) is 0. The van der Waals surface area contributed by atoms with Crippen LogP contribution in [-0.2, 0) is 20.9 Å². The second kappa shape index (κ2) is 9.54. The van der Waals surface area contributed by atoms with Gasteiger partial charge in [0, 0.05) is 10.6 Å². The zero-order valence-corrected chi connectivity index (χ0v) is 17.7.